The zero-order chi connectivity index (χ0) is 20.5. The van der Waals surface area contributed by atoms with Crippen LogP contribution in [-0.2, 0) is 6.42 Å². The molecule has 1 atom stereocenters. The molecule has 0 bridgehead atoms. The summed E-state index contributed by atoms with van der Waals surface area (Å²) < 4.78 is 20.7. The number of carbonyl (C=O) groups excluding carboxylic acids is 2. The SMILES string of the molecule is CC(=O)c1ccc(F)c(-c2cc(C)cc3c2O[C@H](CNC(=O)c2cncs2)C3)c1. The summed E-state index contributed by atoms with van der Waals surface area (Å²) in [6.45, 7) is 3.73. The molecule has 0 fully saturated rings. The van der Waals surface area contributed by atoms with E-state index in [1.54, 1.807) is 11.6 Å². The van der Waals surface area contributed by atoms with Gasteiger partial charge in [0.1, 0.15) is 22.5 Å². The van der Waals surface area contributed by atoms with Crippen molar-refractivity contribution in [3.05, 3.63) is 69.4 Å². The summed E-state index contributed by atoms with van der Waals surface area (Å²) in [5.41, 5.74) is 4.95. The summed E-state index contributed by atoms with van der Waals surface area (Å²) in [7, 11) is 0. The Labute approximate surface area is 171 Å². The van der Waals surface area contributed by atoms with Crippen molar-refractivity contribution < 1.29 is 18.7 Å². The fraction of sp³-hybridized carbons (Fsp3) is 0.227. The predicted molar refractivity (Wildman–Crippen MR) is 109 cm³/mol. The quantitative estimate of drug-likeness (QED) is 0.641. The lowest BCUT2D eigenvalue weighted by Gasteiger charge is -2.14. The average Bonchev–Trinajstić information content (AvgIpc) is 3.35. The molecule has 0 saturated carbocycles. The maximum Gasteiger partial charge on any atom is 0.263 e. The van der Waals surface area contributed by atoms with E-state index in [9.17, 15) is 14.0 Å². The number of halogens is 1. The van der Waals surface area contributed by atoms with E-state index in [4.69, 9.17) is 4.74 Å². The van der Waals surface area contributed by atoms with Crippen LogP contribution < -0.4 is 10.1 Å². The number of aromatic nitrogens is 1. The van der Waals surface area contributed by atoms with Gasteiger partial charge in [-0.25, -0.2) is 4.39 Å². The second-order valence-corrected chi connectivity index (χ2v) is 7.96. The second-order valence-electron chi connectivity index (χ2n) is 7.07. The maximum atomic E-state index is 14.6. The van der Waals surface area contributed by atoms with Crippen LogP contribution in [0.5, 0.6) is 5.75 Å². The van der Waals surface area contributed by atoms with Crippen LogP contribution in [0.3, 0.4) is 0 Å². The fourth-order valence-electron chi connectivity index (χ4n) is 3.48. The van der Waals surface area contributed by atoms with Gasteiger partial charge in [-0.3, -0.25) is 14.6 Å². The first-order valence-corrected chi connectivity index (χ1v) is 10.1. The van der Waals surface area contributed by atoms with Gasteiger partial charge in [0.05, 0.1) is 18.3 Å². The van der Waals surface area contributed by atoms with E-state index >= 15 is 0 Å². The van der Waals surface area contributed by atoms with Crippen LogP contribution in [0.2, 0.25) is 0 Å². The molecular formula is C22H19FN2O3S. The molecule has 5 nitrogen and oxygen atoms in total. The van der Waals surface area contributed by atoms with Crippen molar-refractivity contribution in [2.24, 2.45) is 0 Å². The van der Waals surface area contributed by atoms with E-state index in [2.05, 4.69) is 10.3 Å². The average molecular weight is 410 g/mol. The molecule has 1 aliphatic rings. The Bertz CT molecular complexity index is 1100. The lowest BCUT2D eigenvalue weighted by Crippen LogP contribution is -2.34. The second kappa shape index (κ2) is 7.75. The molecule has 1 amide bonds. The summed E-state index contributed by atoms with van der Waals surface area (Å²) in [6.07, 6.45) is 1.89. The molecule has 2 heterocycles. The number of rotatable bonds is 5. The molecule has 0 unspecified atom stereocenters. The number of nitrogens with one attached hydrogen (secondary N) is 1. The minimum absolute atomic E-state index is 0.125. The Kier molecular flexibility index (Phi) is 5.15. The monoisotopic (exact) mass is 410 g/mol. The van der Waals surface area contributed by atoms with Gasteiger partial charge in [-0.2, -0.15) is 0 Å². The molecule has 3 aromatic rings. The lowest BCUT2D eigenvalue weighted by atomic mass is 9.95. The van der Waals surface area contributed by atoms with Gasteiger partial charge in [0.25, 0.3) is 5.91 Å². The maximum absolute atomic E-state index is 14.6. The molecule has 0 saturated heterocycles. The molecule has 7 heteroatoms. The summed E-state index contributed by atoms with van der Waals surface area (Å²) >= 11 is 1.27. The number of hydrogen-bond donors (Lipinski definition) is 1. The number of aryl methyl sites for hydroxylation is 1. The minimum atomic E-state index is -0.409. The van der Waals surface area contributed by atoms with E-state index in [-0.39, 0.29) is 17.8 Å². The summed E-state index contributed by atoms with van der Waals surface area (Å²) in [5.74, 6) is -0.121. The highest BCUT2D eigenvalue weighted by atomic mass is 32.1. The largest absolute Gasteiger partial charge is 0.487 e. The molecule has 148 valence electrons. The number of nitrogens with zero attached hydrogens (tertiary/aromatic N) is 1. The van der Waals surface area contributed by atoms with E-state index in [1.807, 2.05) is 19.1 Å². The molecule has 0 radical (unpaired) electrons. The van der Waals surface area contributed by atoms with Crippen LogP contribution in [-0.4, -0.2) is 29.3 Å². The molecule has 0 aliphatic carbocycles. The van der Waals surface area contributed by atoms with Gasteiger partial charge in [0.15, 0.2) is 5.78 Å². The smallest absolute Gasteiger partial charge is 0.263 e. The predicted octanol–water partition coefficient (Wildman–Crippen LogP) is 4.19. The lowest BCUT2D eigenvalue weighted by molar-refractivity contribution is 0.0937. The van der Waals surface area contributed by atoms with Gasteiger partial charge in [-0.15, -0.1) is 11.3 Å². The Morgan fingerprint density at radius 3 is 2.83 bits per heavy atom. The Hall–Kier alpha value is -3.06. The van der Waals surface area contributed by atoms with Gasteiger partial charge in [-0.1, -0.05) is 6.07 Å². The number of thiazole rings is 1. The molecule has 29 heavy (non-hydrogen) atoms. The van der Waals surface area contributed by atoms with Crippen LogP contribution >= 0.6 is 11.3 Å². The van der Waals surface area contributed by atoms with Crippen LogP contribution in [0.15, 0.2) is 42.0 Å². The first-order chi connectivity index (χ1) is 13.9. The van der Waals surface area contributed by atoms with E-state index in [0.29, 0.717) is 40.3 Å². The van der Waals surface area contributed by atoms with Gasteiger partial charge in [-0.05, 0) is 49.2 Å². The van der Waals surface area contributed by atoms with Crippen LogP contribution in [0, 0.1) is 12.7 Å². The Morgan fingerprint density at radius 1 is 1.28 bits per heavy atom. The molecule has 0 spiro atoms. The first kappa shape index (κ1) is 19.3. The van der Waals surface area contributed by atoms with Gasteiger partial charge in [0, 0.05) is 23.1 Å². The molecule has 1 aliphatic heterocycles. The third-order valence-corrected chi connectivity index (χ3v) is 5.62. The van der Waals surface area contributed by atoms with Gasteiger partial charge in [0.2, 0.25) is 0 Å². The number of amides is 1. The number of Topliss-reactive ketones (excluding diaryl/α,β-unsaturated/α-hetero) is 1. The van der Waals surface area contributed by atoms with Crippen molar-refractivity contribution >= 4 is 23.0 Å². The van der Waals surface area contributed by atoms with Crippen molar-refractivity contribution in [3.8, 4) is 16.9 Å². The van der Waals surface area contributed by atoms with Crippen LogP contribution in [0.1, 0.15) is 38.1 Å². The van der Waals surface area contributed by atoms with Crippen LogP contribution in [0.4, 0.5) is 4.39 Å². The van der Waals surface area contributed by atoms with E-state index in [1.165, 1.54) is 36.6 Å². The molecule has 4 rings (SSSR count). The number of ketones is 1. The molecule has 1 aromatic heterocycles. The normalized spacial score (nSPS) is 14.9. The van der Waals surface area contributed by atoms with Crippen molar-refractivity contribution in [2.45, 2.75) is 26.4 Å². The third kappa shape index (κ3) is 3.91. The topological polar surface area (TPSA) is 68.3 Å². The fourth-order valence-corrected chi connectivity index (χ4v) is 4.01. The summed E-state index contributed by atoms with van der Waals surface area (Å²) in [4.78, 5) is 28.3. The van der Waals surface area contributed by atoms with Crippen LogP contribution in [0.25, 0.3) is 11.1 Å². The Balaban J connectivity index is 1.59. The van der Waals surface area contributed by atoms with Gasteiger partial charge >= 0.3 is 0 Å². The molecule has 2 aromatic carbocycles. The molecular weight excluding hydrogens is 391 g/mol. The molecule has 1 N–H and O–H groups in total. The number of ether oxygens (including phenoxy) is 1. The summed E-state index contributed by atoms with van der Waals surface area (Å²) in [6, 6.07) is 8.23. The minimum Gasteiger partial charge on any atom is -0.487 e. The highest BCUT2D eigenvalue weighted by Gasteiger charge is 2.28. The third-order valence-electron chi connectivity index (χ3n) is 4.85. The van der Waals surface area contributed by atoms with Crippen molar-refractivity contribution in [1.29, 1.82) is 0 Å². The number of carbonyl (C=O) groups is 2. The van der Waals surface area contributed by atoms with E-state index in [0.717, 1.165) is 11.1 Å². The summed E-state index contributed by atoms with van der Waals surface area (Å²) in [5, 5.41) is 2.86. The van der Waals surface area contributed by atoms with Crippen molar-refractivity contribution in [1.82, 2.24) is 10.3 Å². The number of hydrogen-bond acceptors (Lipinski definition) is 5. The van der Waals surface area contributed by atoms with Crippen molar-refractivity contribution in [2.75, 3.05) is 6.54 Å². The van der Waals surface area contributed by atoms with E-state index < -0.39 is 5.82 Å². The zero-order valence-corrected chi connectivity index (χ0v) is 16.8. The number of fused-ring (bicyclic) bond motifs is 1. The Morgan fingerprint density at radius 2 is 2.10 bits per heavy atom. The highest BCUT2D eigenvalue weighted by molar-refractivity contribution is 7.11. The van der Waals surface area contributed by atoms with Gasteiger partial charge < -0.3 is 10.1 Å². The number of benzene rings is 2. The standard InChI is InChI=1S/C22H19FN2O3S/c1-12-5-15-7-16(9-25-22(27)20-10-24-11-29-20)28-21(15)18(6-12)17-8-14(13(2)26)3-4-19(17)23/h3-6,8,10-11,16H,7,9H2,1-2H3,(H,25,27)/t16-/m0/s1. The van der Waals surface area contributed by atoms with Crippen molar-refractivity contribution in [3.63, 3.8) is 0 Å². The zero-order valence-electron chi connectivity index (χ0n) is 16.0. The first-order valence-electron chi connectivity index (χ1n) is 9.20. The highest BCUT2D eigenvalue weighted by Crippen LogP contribution is 2.41.